The number of rotatable bonds is 7. The van der Waals surface area contributed by atoms with Crippen molar-refractivity contribution < 1.29 is 13.6 Å². The Morgan fingerprint density at radius 1 is 1.15 bits per heavy atom. The number of hydrogen-bond acceptors (Lipinski definition) is 5. The van der Waals surface area contributed by atoms with Gasteiger partial charge in [-0.1, -0.05) is 6.92 Å². The first-order valence-corrected chi connectivity index (χ1v) is 11.5. The fourth-order valence-electron chi connectivity index (χ4n) is 4.39. The first-order valence-electron chi connectivity index (χ1n) is 11.5. The summed E-state index contributed by atoms with van der Waals surface area (Å²) in [5.74, 6) is -1.00. The Kier molecular flexibility index (Phi) is 6.72. The molecule has 1 fully saturated rings. The highest BCUT2D eigenvalue weighted by Crippen LogP contribution is 2.37. The predicted octanol–water partition coefficient (Wildman–Crippen LogP) is 5.71. The lowest BCUT2D eigenvalue weighted by molar-refractivity contribution is -0.119. The van der Waals surface area contributed by atoms with Gasteiger partial charge in [0.15, 0.2) is 0 Å². The number of piperidine rings is 1. The molecule has 1 aliphatic heterocycles. The van der Waals surface area contributed by atoms with Crippen LogP contribution in [0.15, 0.2) is 30.6 Å². The SMILES string of the molecule is CCCN(CC)c1cncc(Nc2c(C)c(N3CCCCC3=O)nc3cc(F)cc(F)c23)c1. The zero-order chi connectivity index (χ0) is 23.5. The number of aromatic nitrogens is 2. The Morgan fingerprint density at radius 2 is 1.97 bits per heavy atom. The van der Waals surface area contributed by atoms with Gasteiger partial charge in [-0.25, -0.2) is 13.8 Å². The number of amides is 1. The summed E-state index contributed by atoms with van der Waals surface area (Å²) in [4.78, 5) is 25.3. The van der Waals surface area contributed by atoms with Crippen LogP contribution in [0.5, 0.6) is 0 Å². The molecule has 0 saturated carbocycles. The van der Waals surface area contributed by atoms with E-state index in [2.05, 4.69) is 34.0 Å². The van der Waals surface area contributed by atoms with Crippen LogP contribution in [-0.2, 0) is 4.79 Å². The van der Waals surface area contributed by atoms with Crippen LogP contribution in [0.3, 0.4) is 0 Å². The molecular formula is C25H29F2N5O. The van der Waals surface area contributed by atoms with Gasteiger partial charge >= 0.3 is 0 Å². The van der Waals surface area contributed by atoms with Gasteiger partial charge in [0.2, 0.25) is 5.91 Å². The molecule has 0 radical (unpaired) electrons. The third kappa shape index (κ3) is 4.60. The lowest BCUT2D eigenvalue weighted by atomic mass is 10.1. The minimum atomic E-state index is -0.708. The van der Waals surface area contributed by atoms with Gasteiger partial charge in [0.1, 0.15) is 17.5 Å². The van der Waals surface area contributed by atoms with Gasteiger partial charge < -0.3 is 10.2 Å². The molecular weight excluding hydrogens is 424 g/mol. The molecule has 0 aliphatic carbocycles. The van der Waals surface area contributed by atoms with Crippen molar-refractivity contribution in [3.05, 3.63) is 47.8 Å². The summed E-state index contributed by atoms with van der Waals surface area (Å²) >= 11 is 0. The summed E-state index contributed by atoms with van der Waals surface area (Å²) in [6.45, 7) is 8.29. The summed E-state index contributed by atoms with van der Waals surface area (Å²) in [7, 11) is 0. The fraction of sp³-hybridized carbons (Fsp3) is 0.400. The summed E-state index contributed by atoms with van der Waals surface area (Å²) in [6.07, 6.45) is 6.61. The Balaban J connectivity index is 1.84. The molecule has 1 aliphatic rings. The number of benzene rings is 1. The molecule has 0 atom stereocenters. The molecule has 0 unspecified atom stereocenters. The van der Waals surface area contributed by atoms with Crippen molar-refractivity contribution in [2.45, 2.75) is 46.5 Å². The summed E-state index contributed by atoms with van der Waals surface area (Å²) in [5.41, 5.74) is 2.90. The normalized spacial score (nSPS) is 14.1. The van der Waals surface area contributed by atoms with Crippen molar-refractivity contribution in [1.82, 2.24) is 9.97 Å². The van der Waals surface area contributed by atoms with Crippen LogP contribution in [0.25, 0.3) is 10.9 Å². The molecule has 1 aromatic carbocycles. The van der Waals surface area contributed by atoms with E-state index < -0.39 is 11.6 Å². The quantitative estimate of drug-likeness (QED) is 0.496. The third-order valence-electron chi connectivity index (χ3n) is 6.03. The number of nitrogens with zero attached hydrogens (tertiary/aromatic N) is 4. The van der Waals surface area contributed by atoms with E-state index in [4.69, 9.17) is 0 Å². The second kappa shape index (κ2) is 9.68. The number of carbonyl (C=O) groups is 1. The first kappa shape index (κ1) is 22.9. The average Bonchev–Trinajstić information content (AvgIpc) is 2.79. The average molecular weight is 454 g/mol. The smallest absolute Gasteiger partial charge is 0.228 e. The maximum atomic E-state index is 15.0. The molecule has 0 spiro atoms. The number of fused-ring (bicyclic) bond motifs is 1. The predicted molar refractivity (Wildman–Crippen MR) is 128 cm³/mol. The minimum absolute atomic E-state index is 0.0270. The van der Waals surface area contributed by atoms with Crippen molar-refractivity contribution in [1.29, 1.82) is 0 Å². The molecule has 1 N–H and O–H groups in total. The number of pyridine rings is 2. The largest absolute Gasteiger partial charge is 0.371 e. The highest BCUT2D eigenvalue weighted by molar-refractivity contribution is 6.01. The molecule has 0 bridgehead atoms. The van der Waals surface area contributed by atoms with E-state index in [0.717, 1.165) is 44.1 Å². The molecule has 33 heavy (non-hydrogen) atoms. The van der Waals surface area contributed by atoms with Crippen molar-refractivity contribution in [3.63, 3.8) is 0 Å². The molecule has 6 nitrogen and oxygen atoms in total. The molecule has 4 rings (SSSR count). The molecule has 1 amide bonds. The number of hydrogen-bond donors (Lipinski definition) is 1. The van der Waals surface area contributed by atoms with Crippen LogP contribution in [0, 0.1) is 18.6 Å². The van der Waals surface area contributed by atoms with Crippen LogP contribution in [0.1, 0.15) is 45.1 Å². The van der Waals surface area contributed by atoms with E-state index in [1.165, 1.54) is 6.07 Å². The molecule has 174 valence electrons. The molecule has 2 aromatic heterocycles. The second-order valence-corrected chi connectivity index (χ2v) is 8.36. The Labute approximate surface area is 192 Å². The van der Waals surface area contributed by atoms with Crippen LogP contribution < -0.4 is 15.1 Å². The highest BCUT2D eigenvalue weighted by atomic mass is 19.1. The van der Waals surface area contributed by atoms with E-state index in [1.807, 2.05) is 13.0 Å². The van der Waals surface area contributed by atoms with Gasteiger partial charge in [0, 0.05) is 43.8 Å². The van der Waals surface area contributed by atoms with Crippen molar-refractivity contribution in [3.8, 4) is 0 Å². The van der Waals surface area contributed by atoms with Gasteiger partial charge in [-0.3, -0.25) is 14.7 Å². The van der Waals surface area contributed by atoms with E-state index >= 15 is 0 Å². The summed E-state index contributed by atoms with van der Waals surface area (Å²) < 4.78 is 29.0. The van der Waals surface area contributed by atoms with Crippen molar-refractivity contribution >= 4 is 39.7 Å². The molecule has 8 heteroatoms. The molecule has 1 saturated heterocycles. The van der Waals surface area contributed by atoms with E-state index in [9.17, 15) is 13.6 Å². The Bertz CT molecular complexity index is 1180. The zero-order valence-corrected chi connectivity index (χ0v) is 19.3. The van der Waals surface area contributed by atoms with Crippen molar-refractivity contribution in [2.24, 2.45) is 0 Å². The Morgan fingerprint density at radius 3 is 2.70 bits per heavy atom. The Hall–Kier alpha value is -3.29. The van der Waals surface area contributed by atoms with Crippen LogP contribution in [0.2, 0.25) is 0 Å². The molecule has 3 heterocycles. The second-order valence-electron chi connectivity index (χ2n) is 8.36. The van der Waals surface area contributed by atoms with Crippen LogP contribution >= 0.6 is 0 Å². The van der Waals surface area contributed by atoms with Crippen LogP contribution in [0.4, 0.5) is 31.7 Å². The number of halogens is 2. The monoisotopic (exact) mass is 453 g/mol. The van der Waals surface area contributed by atoms with E-state index in [-0.39, 0.29) is 16.8 Å². The maximum absolute atomic E-state index is 15.0. The van der Waals surface area contributed by atoms with Gasteiger partial charge in [0.25, 0.3) is 0 Å². The zero-order valence-electron chi connectivity index (χ0n) is 19.3. The van der Waals surface area contributed by atoms with Gasteiger partial charge in [-0.15, -0.1) is 0 Å². The summed E-state index contributed by atoms with van der Waals surface area (Å²) in [5, 5.41) is 3.49. The van der Waals surface area contributed by atoms with Gasteiger partial charge in [-0.2, -0.15) is 0 Å². The summed E-state index contributed by atoms with van der Waals surface area (Å²) in [6, 6.07) is 4.02. The lowest BCUT2D eigenvalue weighted by Crippen LogP contribution is -2.36. The maximum Gasteiger partial charge on any atom is 0.228 e. The minimum Gasteiger partial charge on any atom is -0.371 e. The first-order chi connectivity index (χ1) is 15.9. The van der Waals surface area contributed by atoms with Gasteiger partial charge in [-0.05, 0) is 39.2 Å². The van der Waals surface area contributed by atoms with E-state index in [0.29, 0.717) is 35.7 Å². The fourth-order valence-corrected chi connectivity index (χ4v) is 4.39. The number of carbonyl (C=O) groups excluding carboxylic acids is 1. The standard InChI is InChI=1S/C25H29F2N5O/c1-4-9-31(5-2)19-13-18(14-28-15-19)29-24-16(3)25(32-10-7-6-8-22(32)33)30-21-12-17(26)11-20(27)23(21)24/h11-15H,4-10H2,1-3H3,(H,29,30). The third-order valence-corrected chi connectivity index (χ3v) is 6.03. The van der Waals surface area contributed by atoms with E-state index in [1.54, 1.807) is 17.3 Å². The van der Waals surface area contributed by atoms with Gasteiger partial charge in [0.05, 0.1) is 40.4 Å². The van der Waals surface area contributed by atoms with Crippen LogP contribution in [-0.4, -0.2) is 35.5 Å². The number of nitrogens with one attached hydrogen (secondary N) is 1. The van der Waals surface area contributed by atoms with Crippen molar-refractivity contribution in [2.75, 3.05) is 34.8 Å². The lowest BCUT2D eigenvalue weighted by Gasteiger charge is -2.29. The topological polar surface area (TPSA) is 61.4 Å². The number of anilines is 4. The highest BCUT2D eigenvalue weighted by Gasteiger charge is 2.26. The molecule has 3 aromatic rings.